The molecule has 20 heavy (non-hydrogen) atoms. The summed E-state index contributed by atoms with van der Waals surface area (Å²) in [4.78, 5) is 7.22. The molecule has 2 nitrogen and oxygen atoms in total. The molecule has 112 valence electrons. The molecule has 1 aliphatic rings. The van der Waals surface area contributed by atoms with Gasteiger partial charge in [-0.05, 0) is 70.0 Å². The number of aromatic nitrogens is 1. The maximum absolute atomic E-state index is 4.62. The third-order valence-corrected chi connectivity index (χ3v) is 4.26. The molecule has 1 aromatic heterocycles. The number of rotatable bonds is 4. The molecule has 2 rings (SSSR count). The predicted octanol–water partition coefficient (Wildman–Crippen LogP) is 3.94. The van der Waals surface area contributed by atoms with E-state index in [9.17, 15) is 0 Å². The van der Waals surface area contributed by atoms with Crippen LogP contribution in [0.3, 0.4) is 0 Å². The Morgan fingerprint density at radius 3 is 2.55 bits per heavy atom. The molecular formula is C18H30N2. The zero-order valence-electron chi connectivity index (χ0n) is 13.8. The van der Waals surface area contributed by atoms with Gasteiger partial charge in [0.2, 0.25) is 0 Å². The van der Waals surface area contributed by atoms with Crippen molar-refractivity contribution >= 4 is 0 Å². The van der Waals surface area contributed by atoms with Crippen LogP contribution in [0.25, 0.3) is 0 Å². The fourth-order valence-corrected chi connectivity index (χ4v) is 3.06. The second-order valence-corrected chi connectivity index (χ2v) is 7.73. The van der Waals surface area contributed by atoms with E-state index in [0.717, 1.165) is 12.3 Å². The summed E-state index contributed by atoms with van der Waals surface area (Å²) in [5.74, 6) is 1.48. The van der Waals surface area contributed by atoms with E-state index in [0.29, 0.717) is 11.5 Å². The van der Waals surface area contributed by atoms with Crippen molar-refractivity contribution in [3.8, 4) is 0 Å². The zero-order chi connectivity index (χ0) is 14.8. The lowest BCUT2D eigenvalue weighted by molar-refractivity contribution is 0.168. The summed E-state index contributed by atoms with van der Waals surface area (Å²) in [6.45, 7) is 13.9. The molecule has 1 saturated heterocycles. The molecule has 2 heterocycles. The minimum absolute atomic E-state index is 0.314. The van der Waals surface area contributed by atoms with Gasteiger partial charge in [-0.1, -0.05) is 19.9 Å². The maximum atomic E-state index is 4.62. The highest BCUT2D eigenvalue weighted by atomic mass is 15.2. The molecule has 0 spiro atoms. The molecule has 1 atom stereocenters. The summed E-state index contributed by atoms with van der Waals surface area (Å²) in [5.41, 5.74) is 2.94. The van der Waals surface area contributed by atoms with Crippen LogP contribution < -0.4 is 0 Å². The standard InChI is InChI=1S/C18H30N2/c1-14(2)10-17-7-6-15(12-19-17)11-16-8-9-20(13-16)18(3,4)5/h6-7,12,14,16H,8-11,13H2,1-5H3. The van der Waals surface area contributed by atoms with Crippen LogP contribution in [0.1, 0.15) is 52.3 Å². The van der Waals surface area contributed by atoms with Crippen molar-refractivity contribution in [1.29, 1.82) is 0 Å². The second-order valence-electron chi connectivity index (χ2n) is 7.73. The Kier molecular flexibility index (Phi) is 4.85. The smallest absolute Gasteiger partial charge is 0.0406 e. The minimum atomic E-state index is 0.314. The summed E-state index contributed by atoms with van der Waals surface area (Å²) < 4.78 is 0. The van der Waals surface area contributed by atoms with Crippen molar-refractivity contribution in [1.82, 2.24) is 9.88 Å². The zero-order valence-corrected chi connectivity index (χ0v) is 13.8. The normalized spacial score (nSPS) is 20.8. The van der Waals surface area contributed by atoms with E-state index in [-0.39, 0.29) is 0 Å². The van der Waals surface area contributed by atoms with Crippen molar-refractivity contribution in [2.75, 3.05) is 13.1 Å². The Hall–Kier alpha value is -0.890. The van der Waals surface area contributed by atoms with Crippen LogP contribution in [0.2, 0.25) is 0 Å². The molecule has 0 aliphatic carbocycles. The number of nitrogens with zero attached hydrogens (tertiary/aromatic N) is 2. The minimum Gasteiger partial charge on any atom is -0.298 e. The first kappa shape index (κ1) is 15.5. The first-order chi connectivity index (χ1) is 9.34. The molecule has 2 heteroatoms. The van der Waals surface area contributed by atoms with Crippen LogP contribution in [-0.4, -0.2) is 28.5 Å². The number of hydrogen-bond acceptors (Lipinski definition) is 2. The van der Waals surface area contributed by atoms with E-state index in [1.807, 2.05) is 0 Å². The third kappa shape index (κ3) is 4.31. The Morgan fingerprint density at radius 1 is 1.30 bits per heavy atom. The van der Waals surface area contributed by atoms with Gasteiger partial charge in [-0.2, -0.15) is 0 Å². The average Bonchev–Trinajstić information content (AvgIpc) is 2.79. The molecule has 0 N–H and O–H groups in total. The summed E-state index contributed by atoms with van der Waals surface area (Å²) in [7, 11) is 0. The summed E-state index contributed by atoms with van der Waals surface area (Å²) >= 11 is 0. The van der Waals surface area contributed by atoms with Crippen molar-refractivity contribution in [3.05, 3.63) is 29.6 Å². The van der Waals surface area contributed by atoms with Crippen LogP contribution in [0.5, 0.6) is 0 Å². The molecule has 0 radical (unpaired) electrons. The van der Waals surface area contributed by atoms with E-state index in [1.54, 1.807) is 0 Å². The fourth-order valence-electron chi connectivity index (χ4n) is 3.06. The van der Waals surface area contributed by atoms with Gasteiger partial charge in [0, 0.05) is 24.0 Å². The molecule has 0 bridgehead atoms. The topological polar surface area (TPSA) is 16.1 Å². The van der Waals surface area contributed by atoms with Gasteiger partial charge >= 0.3 is 0 Å². The van der Waals surface area contributed by atoms with E-state index in [1.165, 1.54) is 37.2 Å². The highest BCUT2D eigenvalue weighted by Crippen LogP contribution is 2.26. The molecule has 1 fully saturated rings. The van der Waals surface area contributed by atoms with Gasteiger partial charge in [-0.25, -0.2) is 0 Å². The van der Waals surface area contributed by atoms with Crippen LogP contribution in [-0.2, 0) is 12.8 Å². The molecule has 1 aliphatic heterocycles. The Bertz CT molecular complexity index is 414. The highest BCUT2D eigenvalue weighted by molar-refractivity contribution is 5.15. The van der Waals surface area contributed by atoms with E-state index < -0.39 is 0 Å². The van der Waals surface area contributed by atoms with Gasteiger partial charge in [-0.15, -0.1) is 0 Å². The summed E-state index contributed by atoms with van der Waals surface area (Å²) in [5, 5.41) is 0. The monoisotopic (exact) mass is 274 g/mol. The van der Waals surface area contributed by atoms with Gasteiger partial charge in [0.15, 0.2) is 0 Å². The summed E-state index contributed by atoms with van der Waals surface area (Å²) in [6, 6.07) is 4.50. The third-order valence-electron chi connectivity index (χ3n) is 4.26. The van der Waals surface area contributed by atoms with Crippen molar-refractivity contribution in [3.63, 3.8) is 0 Å². The Morgan fingerprint density at radius 2 is 2.05 bits per heavy atom. The second kappa shape index (κ2) is 6.26. The number of pyridine rings is 1. The predicted molar refractivity (Wildman–Crippen MR) is 85.9 cm³/mol. The lowest BCUT2D eigenvalue weighted by Gasteiger charge is -2.31. The Labute approximate surface area is 124 Å². The van der Waals surface area contributed by atoms with Crippen LogP contribution in [0.15, 0.2) is 18.3 Å². The van der Waals surface area contributed by atoms with Gasteiger partial charge in [0.1, 0.15) is 0 Å². The van der Waals surface area contributed by atoms with Crippen molar-refractivity contribution < 1.29 is 0 Å². The van der Waals surface area contributed by atoms with Gasteiger partial charge in [-0.3, -0.25) is 9.88 Å². The van der Waals surface area contributed by atoms with Gasteiger partial charge < -0.3 is 0 Å². The quantitative estimate of drug-likeness (QED) is 0.826. The fraction of sp³-hybridized carbons (Fsp3) is 0.722. The molecular weight excluding hydrogens is 244 g/mol. The van der Waals surface area contributed by atoms with E-state index in [4.69, 9.17) is 0 Å². The lowest BCUT2D eigenvalue weighted by atomic mass is 9.99. The first-order valence-corrected chi connectivity index (χ1v) is 8.03. The average molecular weight is 274 g/mol. The van der Waals surface area contributed by atoms with Gasteiger partial charge in [0.25, 0.3) is 0 Å². The maximum Gasteiger partial charge on any atom is 0.0406 e. The molecule has 0 amide bonds. The summed E-state index contributed by atoms with van der Waals surface area (Å²) in [6.07, 6.45) is 5.69. The SMILES string of the molecule is CC(C)Cc1ccc(CC2CCN(C(C)(C)C)C2)cn1. The molecule has 0 saturated carbocycles. The van der Waals surface area contributed by atoms with Gasteiger partial charge in [0.05, 0.1) is 0 Å². The first-order valence-electron chi connectivity index (χ1n) is 8.03. The molecule has 0 aromatic carbocycles. The van der Waals surface area contributed by atoms with Crippen LogP contribution in [0.4, 0.5) is 0 Å². The molecule has 1 unspecified atom stereocenters. The number of hydrogen-bond donors (Lipinski definition) is 0. The van der Waals surface area contributed by atoms with Crippen LogP contribution in [0, 0.1) is 11.8 Å². The largest absolute Gasteiger partial charge is 0.298 e. The van der Waals surface area contributed by atoms with E-state index >= 15 is 0 Å². The molecule has 1 aromatic rings. The lowest BCUT2D eigenvalue weighted by Crippen LogP contribution is -2.39. The van der Waals surface area contributed by atoms with Crippen LogP contribution >= 0.6 is 0 Å². The Balaban J connectivity index is 1.88. The van der Waals surface area contributed by atoms with E-state index in [2.05, 4.69) is 62.8 Å². The highest BCUT2D eigenvalue weighted by Gasteiger charge is 2.30. The number of likely N-dealkylation sites (tertiary alicyclic amines) is 1. The van der Waals surface area contributed by atoms with Crippen molar-refractivity contribution in [2.24, 2.45) is 11.8 Å². The van der Waals surface area contributed by atoms with Crippen molar-refractivity contribution in [2.45, 2.75) is 59.4 Å².